The van der Waals surface area contributed by atoms with Crippen LogP contribution in [-0.4, -0.2) is 29.3 Å². The average Bonchev–Trinajstić information content (AvgIpc) is 3.32. The Hall–Kier alpha value is -3.22. The molecule has 2 heterocycles. The number of hydrogen-bond acceptors (Lipinski definition) is 4. The lowest BCUT2D eigenvalue weighted by Crippen LogP contribution is -2.45. The second-order valence-electron chi connectivity index (χ2n) is 6.87. The Bertz CT molecular complexity index is 897. The van der Waals surface area contributed by atoms with Crippen LogP contribution in [0.3, 0.4) is 0 Å². The van der Waals surface area contributed by atoms with Crippen LogP contribution in [0.1, 0.15) is 34.5 Å². The molecule has 1 aromatic carbocycles. The summed E-state index contributed by atoms with van der Waals surface area (Å²) in [6, 6.07) is 11.0. The third-order valence-electron chi connectivity index (χ3n) is 5.09. The van der Waals surface area contributed by atoms with Crippen LogP contribution in [0.5, 0.6) is 0 Å². The van der Waals surface area contributed by atoms with Crippen molar-refractivity contribution in [3.8, 4) is 0 Å². The molecule has 3 amide bonds. The van der Waals surface area contributed by atoms with E-state index in [9.17, 15) is 14.4 Å². The summed E-state index contributed by atoms with van der Waals surface area (Å²) in [5.74, 6) is -1.46. The molecule has 4 rings (SSSR count). The Morgan fingerprint density at radius 2 is 1.93 bits per heavy atom. The molecule has 7 heteroatoms. The van der Waals surface area contributed by atoms with E-state index in [4.69, 9.17) is 0 Å². The molecule has 2 aliphatic rings. The summed E-state index contributed by atoms with van der Waals surface area (Å²) < 4.78 is 0. The third kappa shape index (κ3) is 3.53. The number of hydrogen-bond donors (Lipinski definition) is 2. The first-order valence-corrected chi connectivity index (χ1v) is 9.05. The largest absolute Gasteiger partial charge is 0.312 e. The van der Waals surface area contributed by atoms with E-state index in [0.717, 1.165) is 24.9 Å². The number of carbonyl (C=O) groups excluding carboxylic acids is 3. The average molecular weight is 364 g/mol. The van der Waals surface area contributed by atoms with E-state index in [1.54, 1.807) is 23.1 Å². The highest BCUT2D eigenvalue weighted by molar-refractivity contribution is 6.01. The SMILES string of the molecule is O=C(NNC(=O)C1CC(=O)N(c2ccc3c(c2)CCC3)C1)c1ccccn1. The highest BCUT2D eigenvalue weighted by atomic mass is 16.2. The maximum Gasteiger partial charge on any atom is 0.288 e. The van der Waals surface area contributed by atoms with Gasteiger partial charge in [0.15, 0.2) is 0 Å². The van der Waals surface area contributed by atoms with Gasteiger partial charge in [-0.15, -0.1) is 0 Å². The lowest BCUT2D eigenvalue weighted by atomic mass is 10.1. The second kappa shape index (κ2) is 7.19. The number of carbonyl (C=O) groups is 3. The number of anilines is 1. The molecule has 1 aliphatic carbocycles. The van der Waals surface area contributed by atoms with Gasteiger partial charge in [0.2, 0.25) is 11.8 Å². The lowest BCUT2D eigenvalue weighted by molar-refractivity contribution is -0.126. The molecule has 0 saturated carbocycles. The molecular formula is C20H20N4O3. The Kier molecular flexibility index (Phi) is 4.58. The molecule has 138 valence electrons. The topological polar surface area (TPSA) is 91.4 Å². The summed E-state index contributed by atoms with van der Waals surface area (Å²) in [4.78, 5) is 42.3. The summed E-state index contributed by atoms with van der Waals surface area (Å²) >= 11 is 0. The predicted octanol–water partition coefficient (Wildman–Crippen LogP) is 1.38. The number of fused-ring (bicyclic) bond motifs is 1. The van der Waals surface area contributed by atoms with Gasteiger partial charge < -0.3 is 4.90 Å². The Morgan fingerprint density at radius 1 is 1.07 bits per heavy atom. The molecule has 2 aromatic rings. The van der Waals surface area contributed by atoms with Crippen LogP contribution < -0.4 is 15.8 Å². The van der Waals surface area contributed by atoms with Gasteiger partial charge in [0, 0.05) is 24.8 Å². The Morgan fingerprint density at radius 3 is 2.74 bits per heavy atom. The van der Waals surface area contributed by atoms with Gasteiger partial charge >= 0.3 is 0 Å². The Labute approximate surface area is 156 Å². The fourth-order valence-corrected chi connectivity index (χ4v) is 3.64. The van der Waals surface area contributed by atoms with Gasteiger partial charge in [-0.3, -0.25) is 30.2 Å². The van der Waals surface area contributed by atoms with E-state index in [2.05, 4.69) is 28.0 Å². The summed E-state index contributed by atoms with van der Waals surface area (Å²) in [5, 5.41) is 0. The maximum atomic E-state index is 12.4. The first-order valence-electron chi connectivity index (χ1n) is 9.05. The molecule has 27 heavy (non-hydrogen) atoms. The monoisotopic (exact) mass is 364 g/mol. The molecular weight excluding hydrogens is 344 g/mol. The van der Waals surface area contributed by atoms with Crippen molar-refractivity contribution < 1.29 is 14.4 Å². The van der Waals surface area contributed by atoms with Crippen LogP contribution in [0.4, 0.5) is 5.69 Å². The fourth-order valence-electron chi connectivity index (χ4n) is 3.64. The molecule has 0 radical (unpaired) electrons. The zero-order valence-electron chi connectivity index (χ0n) is 14.8. The molecule has 0 spiro atoms. The highest BCUT2D eigenvalue weighted by Gasteiger charge is 2.35. The molecule has 1 fully saturated rings. The molecule has 1 atom stereocenters. The fraction of sp³-hybridized carbons (Fsp3) is 0.300. The highest BCUT2D eigenvalue weighted by Crippen LogP contribution is 2.30. The summed E-state index contributed by atoms with van der Waals surface area (Å²) in [5.41, 5.74) is 8.43. The van der Waals surface area contributed by atoms with E-state index in [-0.39, 0.29) is 23.9 Å². The lowest BCUT2D eigenvalue weighted by Gasteiger charge is -2.18. The number of amides is 3. The van der Waals surface area contributed by atoms with Crippen LogP contribution in [-0.2, 0) is 22.4 Å². The van der Waals surface area contributed by atoms with Gasteiger partial charge in [-0.25, -0.2) is 0 Å². The number of aryl methyl sites for hydroxylation is 2. The molecule has 2 N–H and O–H groups in total. The van der Waals surface area contributed by atoms with Crippen LogP contribution in [0.2, 0.25) is 0 Å². The van der Waals surface area contributed by atoms with Gasteiger partial charge in [0.1, 0.15) is 5.69 Å². The van der Waals surface area contributed by atoms with Crippen molar-refractivity contribution in [1.82, 2.24) is 15.8 Å². The number of pyridine rings is 1. The maximum absolute atomic E-state index is 12.4. The van der Waals surface area contributed by atoms with Gasteiger partial charge in [0.25, 0.3) is 5.91 Å². The van der Waals surface area contributed by atoms with Crippen molar-refractivity contribution in [3.05, 3.63) is 59.4 Å². The van der Waals surface area contributed by atoms with Crippen molar-refractivity contribution in [3.63, 3.8) is 0 Å². The van der Waals surface area contributed by atoms with Gasteiger partial charge in [0.05, 0.1) is 5.92 Å². The van der Waals surface area contributed by atoms with Crippen molar-refractivity contribution in [2.24, 2.45) is 5.92 Å². The minimum atomic E-state index is -0.505. The van der Waals surface area contributed by atoms with Crippen molar-refractivity contribution in [1.29, 1.82) is 0 Å². The first-order chi connectivity index (χ1) is 13.1. The van der Waals surface area contributed by atoms with E-state index in [1.807, 2.05) is 6.07 Å². The molecule has 1 unspecified atom stereocenters. The van der Waals surface area contributed by atoms with Crippen LogP contribution in [0.15, 0.2) is 42.6 Å². The van der Waals surface area contributed by atoms with Crippen LogP contribution in [0, 0.1) is 5.92 Å². The van der Waals surface area contributed by atoms with Gasteiger partial charge in [-0.2, -0.15) is 0 Å². The third-order valence-corrected chi connectivity index (χ3v) is 5.09. The van der Waals surface area contributed by atoms with E-state index < -0.39 is 11.8 Å². The summed E-state index contributed by atoms with van der Waals surface area (Å²) in [6.45, 7) is 0.308. The molecule has 7 nitrogen and oxygen atoms in total. The number of rotatable bonds is 3. The smallest absolute Gasteiger partial charge is 0.288 e. The standard InChI is InChI=1S/C20H20N4O3/c25-18-11-15(19(26)22-23-20(27)17-6-1-2-9-21-17)12-24(18)16-8-7-13-4-3-5-14(13)10-16/h1-2,6-10,15H,3-5,11-12H2,(H,22,26)(H,23,27). The molecule has 1 saturated heterocycles. The number of benzene rings is 1. The molecule has 1 aliphatic heterocycles. The number of hydrazine groups is 1. The first kappa shape index (κ1) is 17.2. The molecule has 0 bridgehead atoms. The van der Waals surface area contributed by atoms with Gasteiger partial charge in [-0.05, 0) is 54.7 Å². The zero-order chi connectivity index (χ0) is 18.8. The van der Waals surface area contributed by atoms with E-state index in [1.165, 1.54) is 17.3 Å². The predicted molar refractivity (Wildman–Crippen MR) is 98.8 cm³/mol. The molecule has 1 aromatic heterocycles. The minimum absolute atomic E-state index is 0.0795. The van der Waals surface area contributed by atoms with E-state index >= 15 is 0 Å². The minimum Gasteiger partial charge on any atom is -0.312 e. The second-order valence-corrected chi connectivity index (χ2v) is 6.87. The quantitative estimate of drug-likeness (QED) is 0.805. The number of nitrogens with zero attached hydrogens (tertiary/aromatic N) is 2. The zero-order valence-corrected chi connectivity index (χ0v) is 14.8. The summed E-state index contributed by atoms with van der Waals surface area (Å²) in [7, 11) is 0. The van der Waals surface area contributed by atoms with Crippen LogP contribution in [0.25, 0.3) is 0 Å². The van der Waals surface area contributed by atoms with Crippen molar-refractivity contribution in [2.45, 2.75) is 25.7 Å². The summed E-state index contributed by atoms with van der Waals surface area (Å²) in [6.07, 6.45) is 4.90. The Balaban J connectivity index is 1.37. The van der Waals surface area contributed by atoms with Crippen molar-refractivity contribution >= 4 is 23.4 Å². The number of nitrogens with one attached hydrogen (secondary N) is 2. The van der Waals surface area contributed by atoms with Crippen LogP contribution >= 0.6 is 0 Å². The van der Waals surface area contributed by atoms with E-state index in [0.29, 0.717) is 6.54 Å². The normalized spacial score (nSPS) is 18.3. The van der Waals surface area contributed by atoms with Crippen molar-refractivity contribution in [2.75, 3.05) is 11.4 Å². The van der Waals surface area contributed by atoms with Gasteiger partial charge in [-0.1, -0.05) is 12.1 Å². The number of aromatic nitrogens is 1.